The molecule has 0 aromatic rings. The molecule has 1 saturated heterocycles. The molecule has 3 nitrogen and oxygen atoms in total. The summed E-state index contributed by atoms with van der Waals surface area (Å²) >= 11 is 0. The van der Waals surface area contributed by atoms with Gasteiger partial charge in [0.2, 0.25) is 0 Å². The molecule has 1 rings (SSSR count). The maximum atomic E-state index is 6.38. The first-order valence-electron chi connectivity index (χ1n) is 6.50. The van der Waals surface area contributed by atoms with E-state index in [4.69, 9.17) is 15.2 Å². The summed E-state index contributed by atoms with van der Waals surface area (Å²) in [6.07, 6.45) is 1.87. The van der Waals surface area contributed by atoms with Gasteiger partial charge in [0.15, 0.2) is 0 Å². The second-order valence-electron chi connectivity index (χ2n) is 7.11. The van der Waals surface area contributed by atoms with Gasteiger partial charge < -0.3 is 15.2 Å². The van der Waals surface area contributed by atoms with Gasteiger partial charge in [0.05, 0.1) is 16.8 Å². The lowest BCUT2D eigenvalue weighted by atomic mass is 9.78. The SMILES string of the molecule is COC(C)(C)CC(N)C1CC(C)(C)OC1(C)C. The van der Waals surface area contributed by atoms with Crippen LogP contribution in [0, 0.1) is 5.92 Å². The van der Waals surface area contributed by atoms with Gasteiger partial charge in [0.25, 0.3) is 0 Å². The Labute approximate surface area is 106 Å². The lowest BCUT2D eigenvalue weighted by Gasteiger charge is -2.34. The van der Waals surface area contributed by atoms with Crippen LogP contribution in [0.1, 0.15) is 54.4 Å². The minimum Gasteiger partial charge on any atom is -0.379 e. The van der Waals surface area contributed by atoms with Gasteiger partial charge in [0.1, 0.15) is 0 Å². The topological polar surface area (TPSA) is 44.5 Å². The zero-order chi connectivity index (χ0) is 13.5. The molecule has 2 atom stereocenters. The highest BCUT2D eigenvalue weighted by Gasteiger charge is 2.48. The maximum Gasteiger partial charge on any atom is 0.0677 e. The third-order valence-electron chi connectivity index (χ3n) is 3.94. The molecule has 0 saturated carbocycles. The predicted molar refractivity (Wildman–Crippen MR) is 71.0 cm³/mol. The molecule has 2 N–H and O–H groups in total. The van der Waals surface area contributed by atoms with Crippen molar-refractivity contribution in [3.05, 3.63) is 0 Å². The van der Waals surface area contributed by atoms with Gasteiger partial charge in [-0.3, -0.25) is 0 Å². The highest BCUT2D eigenvalue weighted by Crippen LogP contribution is 2.44. The van der Waals surface area contributed by atoms with E-state index < -0.39 is 0 Å². The Morgan fingerprint density at radius 2 is 1.88 bits per heavy atom. The fraction of sp³-hybridized carbons (Fsp3) is 1.00. The zero-order valence-electron chi connectivity index (χ0n) is 12.5. The lowest BCUT2D eigenvalue weighted by Crippen LogP contribution is -2.45. The normalized spacial score (nSPS) is 29.3. The van der Waals surface area contributed by atoms with Crippen LogP contribution in [0.2, 0.25) is 0 Å². The fourth-order valence-electron chi connectivity index (χ4n) is 3.06. The molecule has 102 valence electrons. The van der Waals surface area contributed by atoms with Gasteiger partial charge in [-0.25, -0.2) is 0 Å². The largest absolute Gasteiger partial charge is 0.379 e. The van der Waals surface area contributed by atoms with Crippen LogP contribution in [0.5, 0.6) is 0 Å². The first-order valence-corrected chi connectivity index (χ1v) is 6.50. The van der Waals surface area contributed by atoms with Crippen LogP contribution in [-0.2, 0) is 9.47 Å². The maximum absolute atomic E-state index is 6.38. The van der Waals surface area contributed by atoms with Crippen LogP contribution in [-0.4, -0.2) is 30.0 Å². The number of hydrogen-bond donors (Lipinski definition) is 1. The van der Waals surface area contributed by atoms with Gasteiger partial charge in [0, 0.05) is 19.1 Å². The summed E-state index contributed by atoms with van der Waals surface area (Å²) in [5.41, 5.74) is 6.00. The standard InChI is InChI=1S/C14H29NO2/c1-12(2,16-7)9-11(15)10-8-13(3,4)17-14(10,5)6/h10-11H,8-9,15H2,1-7H3. The van der Waals surface area contributed by atoms with Crippen molar-refractivity contribution in [2.75, 3.05) is 7.11 Å². The van der Waals surface area contributed by atoms with Crippen molar-refractivity contribution in [3.63, 3.8) is 0 Å². The Morgan fingerprint density at radius 3 is 2.24 bits per heavy atom. The first-order chi connectivity index (χ1) is 7.49. The molecule has 0 radical (unpaired) electrons. The Hall–Kier alpha value is -0.120. The van der Waals surface area contributed by atoms with Crippen LogP contribution < -0.4 is 5.73 Å². The van der Waals surface area contributed by atoms with E-state index in [1.165, 1.54) is 0 Å². The molecule has 1 fully saturated rings. The molecule has 3 heteroatoms. The third kappa shape index (κ3) is 3.67. The molecule has 0 aromatic heterocycles. The molecule has 0 aromatic carbocycles. The molecular weight excluding hydrogens is 214 g/mol. The van der Waals surface area contributed by atoms with E-state index in [-0.39, 0.29) is 22.8 Å². The lowest BCUT2D eigenvalue weighted by molar-refractivity contribution is -0.0795. The first kappa shape index (κ1) is 14.9. The minimum absolute atomic E-state index is 0.0665. The van der Waals surface area contributed by atoms with E-state index in [9.17, 15) is 0 Å². The number of hydrogen-bond acceptors (Lipinski definition) is 3. The van der Waals surface area contributed by atoms with Crippen molar-refractivity contribution < 1.29 is 9.47 Å². The van der Waals surface area contributed by atoms with Crippen molar-refractivity contribution in [2.45, 2.75) is 77.2 Å². The van der Waals surface area contributed by atoms with E-state index in [1.807, 2.05) is 0 Å². The summed E-state index contributed by atoms with van der Waals surface area (Å²) in [4.78, 5) is 0. The molecule has 1 heterocycles. The van der Waals surface area contributed by atoms with Crippen molar-refractivity contribution in [3.8, 4) is 0 Å². The Morgan fingerprint density at radius 1 is 1.35 bits per heavy atom. The van der Waals surface area contributed by atoms with Gasteiger partial charge in [-0.15, -0.1) is 0 Å². The van der Waals surface area contributed by atoms with Crippen LogP contribution in [0.3, 0.4) is 0 Å². The highest BCUT2D eigenvalue weighted by atomic mass is 16.5. The van der Waals surface area contributed by atoms with Crippen LogP contribution in [0.15, 0.2) is 0 Å². The predicted octanol–water partition coefficient (Wildman–Crippen LogP) is 2.72. The molecule has 1 aliphatic heterocycles. The van der Waals surface area contributed by atoms with Crippen molar-refractivity contribution in [1.82, 2.24) is 0 Å². The summed E-state index contributed by atoms with van der Waals surface area (Å²) in [5, 5.41) is 0. The summed E-state index contributed by atoms with van der Waals surface area (Å²) in [6, 6.07) is 0.113. The molecular formula is C14H29NO2. The highest BCUT2D eigenvalue weighted by molar-refractivity contribution is 4.99. The van der Waals surface area contributed by atoms with Crippen LogP contribution >= 0.6 is 0 Å². The Balaban J connectivity index is 2.73. The average molecular weight is 243 g/mol. The summed E-state index contributed by atoms with van der Waals surface area (Å²) in [6.45, 7) is 12.7. The third-order valence-corrected chi connectivity index (χ3v) is 3.94. The van der Waals surface area contributed by atoms with E-state index in [2.05, 4.69) is 41.5 Å². The van der Waals surface area contributed by atoms with Crippen LogP contribution in [0.4, 0.5) is 0 Å². The van der Waals surface area contributed by atoms with Crippen molar-refractivity contribution in [2.24, 2.45) is 11.7 Å². The molecule has 0 spiro atoms. The minimum atomic E-state index is -0.164. The molecule has 1 aliphatic rings. The summed E-state index contributed by atoms with van der Waals surface area (Å²) < 4.78 is 11.6. The molecule has 2 unspecified atom stereocenters. The molecule has 17 heavy (non-hydrogen) atoms. The number of nitrogens with two attached hydrogens (primary N) is 1. The monoisotopic (exact) mass is 243 g/mol. The Bertz CT molecular complexity index is 271. The number of ether oxygens (including phenoxy) is 2. The second kappa shape index (κ2) is 4.52. The van der Waals surface area contributed by atoms with Gasteiger partial charge in [-0.2, -0.15) is 0 Å². The van der Waals surface area contributed by atoms with E-state index in [0.29, 0.717) is 5.92 Å². The van der Waals surface area contributed by atoms with E-state index in [0.717, 1.165) is 12.8 Å². The number of rotatable bonds is 4. The Kier molecular flexibility index (Phi) is 3.98. The smallest absolute Gasteiger partial charge is 0.0677 e. The van der Waals surface area contributed by atoms with E-state index >= 15 is 0 Å². The quantitative estimate of drug-likeness (QED) is 0.825. The molecule has 0 amide bonds. The fourth-order valence-corrected chi connectivity index (χ4v) is 3.06. The van der Waals surface area contributed by atoms with Gasteiger partial charge in [-0.05, 0) is 54.4 Å². The van der Waals surface area contributed by atoms with E-state index in [1.54, 1.807) is 7.11 Å². The van der Waals surface area contributed by atoms with Crippen molar-refractivity contribution >= 4 is 0 Å². The average Bonchev–Trinajstić information content (AvgIpc) is 2.33. The zero-order valence-corrected chi connectivity index (χ0v) is 12.5. The molecule has 0 bridgehead atoms. The van der Waals surface area contributed by atoms with Gasteiger partial charge >= 0.3 is 0 Å². The summed E-state index contributed by atoms with van der Waals surface area (Å²) in [7, 11) is 1.74. The van der Waals surface area contributed by atoms with Gasteiger partial charge in [-0.1, -0.05) is 0 Å². The molecule has 0 aliphatic carbocycles. The van der Waals surface area contributed by atoms with Crippen LogP contribution in [0.25, 0.3) is 0 Å². The second-order valence-corrected chi connectivity index (χ2v) is 7.11. The van der Waals surface area contributed by atoms with Crippen molar-refractivity contribution in [1.29, 1.82) is 0 Å². The summed E-state index contributed by atoms with van der Waals surface area (Å²) in [5.74, 6) is 0.381. The number of methoxy groups -OCH3 is 1.